The van der Waals surface area contributed by atoms with E-state index in [0.717, 1.165) is 16.8 Å². The summed E-state index contributed by atoms with van der Waals surface area (Å²) in [5.74, 6) is -0.522. The largest absolute Gasteiger partial charge is 0.379 e. The monoisotopic (exact) mass is 454 g/mol. The molecule has 0 atom stereocenters. The third-order valence-electron chi connectivity index (χ3n) is 5.28. The summed E-state index contributed by atoms with van der Waals surface area (Å²) in [6.45, 7) is 3.47. The molecule has 0 bridgehead atoms. The van der Waals surface area contributed by atoms with E-state index in [9.17, 15) is 13.2 Å². The van der Waals surface area contributed by atoms with Gasteiger partial charge in [0, 0.05) is 31.4 Å². The SMILES string of the molecule is Cc1cccc(-c2nn(-c3ccccc3)cc2C(=O)NCCS(=O)(=O)N2CCOCC2)c1. The van der Waals surface area contributed by atoms with Crippen molar-refractivity contribution in [1.82, 2.24) is 19.4 Å². The normalized spacial score (nSPS) is 14.9. The molecule has 0 aliphatic carbocycles. The van der Waals surface area contributed by atoms with Crippen LogP contribution in [0.1, 0.15) is 15.9 Å². The van der Waals surface area contributed by atoms with Gasteiger partial charge in [0.1, 0.15) is 5.69 Å². The minimum absolute atomic E-state index is 0.0162. The van der Waals surface area contributed by atoms with Crippen molar-refractivity contribution in [1.29, 1.82) is 0 Å². The number of hydrogen-bond donors (Lipinski definition) is 1. The van der Waals surface area contributed by atoms with Gasteiger partial charge >= 0.3 is 0 Å². The van der Waals surface area contributed by atoms with Crippen LogP contribution in [0.5, 0.6) is 0 Å². The van der Waals surface area contributed by atoms with E-state index in [1.165, 1.54) is 4.31 Å². The number of aryl methyl sites for hydroxylation is 1. The Morgan fingerprint density at radius 2 is 1.84 bits per heavy atom. The summed E-state index contributed by atoms with van der Waals surface area (Å²) < 4.78 is 33.3. The summed E-state index contributed by atoms with van der Waals surface area (Å²) in [5.41, 5.74) is 3.65. The predicted molar refractivity (Wildman–Crippen MR) is 122 cm³/mol. The maximum atomic E-state index is 13.0. The number of rotatable bonds is 7. The van der Waals surface area contributed by atoms with Crippen molar-refractivity contribution in [2.24, 2.45) is 0 Å². The highest BCUT2D eigenvalue weighted by Crippen LogP contribution is 2.24. The van der Waals surface area contributed by atoms with Gasteiger partial charge in [0.05, 0.1) is 30.2 Å². The van der Waals surface area contributed by atoms with E-state index in [4.69, 9.17) is 4.74 Å². The van der Waals surface area contributed by atoms with E-state index in [1.807, 2.05) is 61.5 Å². The molecule has 1 amide bonds. The van der Waals surface area contributed by atoms with Gasteiger partial charge in [0.2, 0.25) is 10.0 Å². The fourth-order valence-corrected chi connectivity index (χ4v) is 4.92. The van der Waals surface area contributed by atoms with Gasteiger partial charge in [0.25, 0.3) is 5.91 Å². The minimum Gasteiger partial charge on any atom is -0.379 e. The average Bonchev–Trinajstić information content (AvgIpc) is 3.26. The van der Waals surface area contributed by atoms with Crippen molar-refractivity contribution in [3.63, 3.8) is 0 Å². The highest BCUT2D eigenvalue weighted by molar-refractivity contribution is 7.89. The van der Waals surface area contributed by atoms with Crippen molar-refractivity contribution in [3.05, 3.63) is 71.9 Å². The lowest BCUT2D eigenvalue weighted by atomic mass is 10.1. The van der Waals surface area contributed by atoms with Crippen LogP contribution in [0.2, 0.25) is 0 Å². The van der Waals surface area contributed by atoms with Gasteiger partial charge in [-0.05, 0) is 25.1 Å². The molecule has 32 heavy (non-hydrogen) atoms. The molecule has 1 fully saturated rings. The van der Waals surface area contributed by atoms with Crippen LogP contribution in [0.4, 0.5) is 0 Å². The van der Waals surface area contributed by atoms with Gasteiger partial charge in [-0.3, -0.25) is 4.79 Å². The number of nitrogens with one attached hydrogen (secondary N) is 1. The lowest BCUT2D eigenvalue weighted by Gasteiger charge is -2.26. The molecule has 2 aromatic carbocycles. The minimum atomic E-state index is -3.45. The first-order valence-electron chi connectivity index (χ1n) is 10.5. The van der Waals surface area contributed by atoms with Crippen LogP contribution < -0.4 is 5.32 Å². The number of hydrogen-bond acceptors (Lipinski definition) is 5. The van der Waals surface area contributed by atoms with Crippen molar-refractivity contribution in [2.45, 2.75) is 6.92 Å². The summed E-state index contributed by atoms with van der Waals surface area (Å²) in [6.07, 6.45) is 1.68. The number of benzene rings is 2. The standard InChI is InChI=1S/C23H26N4O4S/c1-18-6-5-7-19(16-18)22-21(17-27(25-22)20-8-3-2-4-9-20)23(28)24-10-15-32(29,30)26-11-13-31-14-12-26/h2-9,16-17H,10-15H2,1H3,(H,24,28). The Morgan fingerprint density at radius 3 is 2.56 bits per heavy atom. The first-order chi connectivity index (χ1) is 15.4. The molecule has 0 saturated carbocycles. The van der Waals surface area contributed by atoms with Crippen LogP contribution in [-0.2, 0) is 14.8 Å². The van der Waals surface area contributed by atoms with Crippen LogP contribution in [0, 0.1) is 6.92 Å². The summed E-state index contributed by atoms with van der Waals surface area (Å²) in [5, 5.41) is 7.41. The van der Waals surface area contributed by atoms with E-state index in [0.29, 0.717) is 37.6 Å². The van der Waals surface area contributed by atoms with Crippen molar-refractivity contribution < 1.29 is 17.9 Å². The molecular formula is C23H26N4O4S. The van der Waals surface area contributed by atoms with Crippen molar-refractivity contribution in [2.75, 3.05) is 38.6 Å². The Hall–Kier alpha value is -3.01. The third kappa shape index (κ3) is 5.07. The van der Waals surface area contributed by atoms with Crippen LogP contribution in [0.3, 0.4) is 0 Å². The highest BCUT2D eigenvalue weighted by Gasteiger charge is 2.25. The molecule has 1 aliphatic rings. The van der Waals surface area contributed by atoms with Crippen LogP contribution in [0.15, 0.2) is 60.8 Å². The van der Waals surface area contributed by atoms with Crippen LogP contribution in [-0.4, -0.2) is 67.0 Å². The molecule has 4 rings (SSSR count). The molecule has 1 saturated heterocycles. The number of carbonyl (C=O) groups excluding carboxylic acids is 1. The molecule has 1 N–H and O–H groups in total. The molecular weight excluding hydrogens is 428 g/mol. The molecule has 2 heterocycles. The van der Waals surface area contributed by atoms with Gasteiger partial charge in [0.15, 0.2) is 0 Å². The quantitative estimate of drug-likeness (QED) is 0.591. The van der Waals surface area contributed by atoms with Crippen LogP contribution in [0.25, 0.3) is 16.9 Å². The van der Waals surface area contributed by atoms with Gasteiger partial charge < -0.3 is 10.1 Å². The molecule has 1 aliphatic heterocycles. The number of ether oxygens (including phenoxy) is 1. The molecule has 9 heteroatoms. The fourth-order valence-electron chi connectivity index (χ4n) is 3.60. The Labute approximate surface area is 187 Å². The van der Waals surface area contributed by atoms with E-state index < -0.39 is 10.0 Å². The predicted octanol–water partition coefficient (Wildman–Crippen LogP) is 2.24. The smallest absolute Gasteiger partial charge is 0.255 e. The average molecular weight is 455 g/mol. The Morgan fingerprint density at radius 1 is 1.09 bits per heavy atom. The second-order valence-corrected chi connectivity index (χ2v) is 9.71. The van der Waals surface area contributed by atoms with E-state index >= 15 is 0 Å². The first-order valence-corrected chi connectivity index (χ1v) is 12.1. The second kappa shape index (κ2) is 9.64. The number of morpholine rings is 1. The number of para-hydroxylation sites is 1. The first kappa shape index (κ1) is 22.2. The van der Waals surface area contributed by atoms with E-state index in [-0.39, 0.29) is 18.2 Å². The second-order valence-electron chi connectivity index (χ2n) is 7.62. The Kier molecular flexibility index (Phi) is 6.69. The number of carbonyl (C=O) groups is 1. The molecule has 168 valence electrons. The molecule has 0 spiro atoms. The maximum Gasteiger partial charge on any atom is 0.255 e. The highest BCUT2D eigenvalue weighted by atomic mass is 32.2. The molecule has 1 aromatic heterocycles. The molecule has 8 nitrogen and oxygen atoms in total. The number of amides is 1. The number of nitrogens with zero attached hydrogens (tertiary/aromatic N) is 3. The lowest BCUT2D eigenvalue weighted by Crippen LogP contribution is -2.43. The zero-order valence-electron chi connectivity index (χ0n) is 17.9. The van der Waals surface area contributed by atoms with Gasteiger partial charge in [-0.25, -0.2) is 13.1 Å². The third-order valence-corrected chi connectivity index (χ3v) is 7.15. The lowest BCUT2D eigenvalue weighted by molar-refractivity contribution is 0.0730. The van der Waals surface area contributed by atoms with E-state index in [1.54, 1.807) is 10.9 Å². The van der Waals surface area contributed by atoms with Crippen molar-refractivity contribution >= 4 is 15.9 Å². The summed E-state index contributed by atoms with van der Waals surface area (Å²) in [7, 11) is -3.45. The summed E-state index contributed by atoms with van der Waals surface area (Å²) >= 11 is 0. The maximum absolute atomic E-state index is 13.0. The van der Waals surface area contributed by atoms with Gasteiger partial charge in [-0.2, -0.15) is 9.40 Å². The molecule has 0 unspecified atom stereocenters. The Bertz CT molecular complexity index is 1190. The Balaban J connectivity index is 1.54. The zero-order chi connectivity index (χ0) is 22.6. The van der Waals surface area contributed by atoms with Crippen LogP contribution >= 0.6 is 0 Å². The number of sulfonamides is 1. The number of aromatic nitrogens is 2. The zero-order valence-corrected chi connectivity index (χ0v) is 18.7. The van der Waals surface area contributed by atoms with Gasteiger partial charge in [-0.15, -0.1) is 0 Å². The molecule has 0 radical (unpaired) electrons. The van der Waals surface area contributed by atoms with Gasteiger partial charge in [-0.1, -0.05) is 42.0 Å². The molecule has 3 aromatic rings. The van der Waals surface area contributed by atoms with Crippen molar-refractivity contribution in [3.8, 4) is 16.9 Å². The summed E-state index contributed by atoms with van der Waals surface area (Å²) in [4.78, 5) is 13.0. The topological polar surface area (TPSA) is 93.5 Å². The van der Waals surface area contributed by atoms with E-state index in [2.05, 4.69) is 10.4 Å². The summed E-state index contributed by atoms with van der Waals surface area (Å²) in [6, 6.07) is 17.3. The fraction of sp³-hybridized carbons (Fsp3) is 0.304.